The van der Waals surface area contributed by atoms with Crippen molar-refractivity contribution in [2.24, 2.45) is 0 Å². The molecule has 0 fully saturated rings. The van der Waals surface area contributed by atoms with E-state index in [9.17, 15) is 4.79 Å². The number of hydrogen-bond acceptors (Lipinski definition) is 5. The van der Waals surface area contributed by atoms with Crippen molar-refractivity contribution in [1.29, 1.82) is 0 Å². The summed E-state index contributed by atoms with van der Waals surface area (Å²) in [6.07, 6.45) is 1.52. The Kier molecular flexibility index (Phi) is 5.83. The van der Waals surface area contributed by atoms with Crippen molar-refractivity contribution in [2.45, 2.75) is 18.1 Å². The first-order valence-corrected chi connectivity index (χ1v) is 7.77. The highest BCUT2D eigenvalue weighted by Gasteiger charge is 2.11. The summed E-state index contributed by atoms with van der Waals surface area (Å²) in [6.45, 7) is 2.94. The van der Waals surface area contributed by atoms with Crippen LogP contribution in [-0.4, -0.2) is 29.4 Å². The van der Waals surface area contributed by atoms with Gasteiger partial charge in [-0.2, -0.15) is 0 Å². The zero-order chi connectivity index (χ0) is 15.1. The Morgan fingerprint density at radius 2 is 2.10 bits per heavy atom. The van der Waals surface area contributed by atoms with Gasteiger partial charge in [0.25, 0.3) is 5.56 Å². The highest BCUT2D eigenvalue weighted by molar-refractivity contribution is 7.99. The smallest absolute Gasteiger partial charge is 0.251 e. The summed E-state index contributed by atoms with van der Waals surface area (Å²) >= 11 is 1.53. The lowest BCUT2D eigenvalue weighted by Gasteiger charge is -2.18. The van der Waals surface area contributed by atoms with Gasteiger partial charge < -0.3 is 15.0 Å². The minimum Gasteiger partial charge on any atom is -0.497 e. The second-order valence-corrected chi connectivity index (χ2v) is 5.44. The molecular weight excluding hydrogens is 286 g/mol. The lowest BCUT2D eigenvalue weighted by atomic mass is 10.1. The van der Waals surface area contributed by atoms with Crippen LogP contribution in [-0.2, 0) is 0 Å². The molecule has 0 saturated heterocycles. The predicted molar refractivity (Wildman–Crippen MR) is 85.0 cm³/mol. The molecule has 112 valence electrons. The number of aromatic amines is 1. The third kappa shape index (κ3) is 4.61. The van der Waals surface area contributed by atoms with Crippen LogP contribution in [0, 0.1) is 0 Å². The van der Waals surface area contributed by atoms with Crippen LogP contribution in [0.5, 0.6) is 5.75 Å². The Hall–Kier alpha value is -1.79. The van der Waals surface area contributed by atoms with E-state index in [0.717, 1.165) is 18.0 Å². The maximum Gasteiger partial charge on any atom is 0.251 e. The van der Waals surface area contributed by atoms with Gasteiger partial charge in [-0.05, 0) is 24.2 Å². The van der Waals surface area contributed by atoms with Crippen LogP contribution in [0.1, 0.15) is 18.5 Å². The fraction of sp³-hybridized carbons (Fsp3) is 0.333. The summed E-state index contributed by atoms with van der Waals surface area (Å²) in [5.74, 6) is 1.63. The summed E-state index contributed by atoms with van der Waals surface area (Å²) in [6, 6.07) is 9.60. The number of rotatable bonds is 7. The number of thioether (sulfide) groups is 1. The van der Waals surface area contributed by atoms with Crippen LogP contribution in [0.3, 0.4) is 0 Å². The van der Waals surface area contributed by atoms with Crippen LogP contribution in [0.15, 0.2) is 46.5 Å². The molecule has 1 atom stereocenters. The van der Waals surface area contributed by atoms with Gasteiger partial charge in [-0.1, -0.05) is 30.8 Å². The molecule has 5 nitrogen and oxygen atoms in total. The van der Waals surface area contributed by atoms with E-state index in [0.29, 0.717) is 5.16 Å². The third-order valence-electron chi connectivity index (χ3n) is 3.00. The lowest BCUT2D eigenvalue weighted by Crippen LogP contribution is -2.23. The van der Waals surface area contributed by atoms with Gasteiger partial charge in [0.1, 0.15) is 5.75 Å². The van der Waals surface area contributed by atoms with Crippen molar-refractivity contribution in [3.63, 3.8) is 0 Å². The first-order valence-electron chi connectivity index (χ1n) is 6.78. The van der Waals surface area contributed by atoms with Gasteiger partial charge in [0.2, 0.25) is 0 Å². The van der Waals surface area contributed by atoms with Gasteiger partial charge in [-0.25, -0.2) is 4.98 Å². The van der Waals surface area contributed by atoms with Crippen LogP contribution in [0.25, 0.3) is 0 Å². The van der Waals surface area contributed by atoms with Crippen LogP contribution < -0.4 is 15.6 Å². The van der Waals surface area contributed by atoms with E-state index < -0.39 is 0 Å². The Balaban J connectivity index is 2.05. The van der Waals surface area contributed by atoms with Crippen molar-refractivity contribution < 1.29 is 4.74 Å². The fourth-order valence-corrected chi connectivity index (χ4v) is 2.89. The minimum atomic E-state index is -0.128. The second-order valence-electron chi connectivity index (χ2n) is 4.43. The molecule has 1 unspecified atom stereocenters. The molecule has 0 spiro atoms. The molecule has 0 amide bonds. The molecule has 2 N–H and O–H groups in total. The molecule has 2 rings (SSSR count). The first kappa shape index (κ1) is 15.6. The van der Waals surface area contributed by atoms with Crippen molar-refractivity contribution >= 4 is 11.8 Å². The van der Waals surface area contributed by atoms with Crippen molar-refractivity contribution in [3.05, 3.63) is 52.4 Å². The second kappa shape index (κ2) is 7.85. The van der Waals surface area contributed by atoms with Crippen LogP contribution in [0.2, 0.25) is 0 Å². The number of methoxy groups -OCH3 is 1. The molecule has 6 heteroatoms. The molecule has 1 aromatic carbocycles. The van der Waals surface area contributed by atoms with Crippen molar-refractivity contribution in [1.82, 2.24) is 15.3 Å². The van der Waals surface area contributed by atoms with Gasteiger partial charge in [-0.15, -0.1) is 0 Å². The van der Waals surface area contributed by atoms with Gasteiger partial charge >= 0.3 is 0 Å². The Bertz CT molecular complexity index is 613. The number of nitrogens with one attached hydrogen (secondary N) is 2. The number of benzene rings is 1. The number of aromatic nitrogens is 2. The van der Waals surface area contributed by atoms with Crippen molar-refractivity contribution in [3.8, 4) is 5.75 Å². The number of ether oxygens (including phenoxy) is 1. The molecule has 0 aliphatic heterocycles. The molecule has 2 aromatic rings. The Morgan fingerprint density at radius 1 is 1.33 bits per heavy atom. The van der Waals surface area contributed by atoms with Crippen LogP contribution in [0.4, 0.5) is 0 Å². The quantitative estimate of drug-likeness (QED) is 0.606. The topological polar surface area (TPSA) is 67.0 Å². The normalized spacial score (nSPS) is 12.1. The zero-order valence-corrected chi connectivity index (χ0v) is 12.9. The third-order valence-corrected chi connectivity index (χ3v) is 3.98. The van der Waals surface area contributed by atoms with E-state index in [1.165, 1.54) is 29.6 Å². The lowest BCUT2D eigenvalue weighted by molar-refractivity contribution is 0.414. The Morgan fingerprint density at radius 3 is 2.71 bits per heavy atom. The molecule has 1 heterocycles. The van der Waals surface area contributed by atoms with Gasteiger partial charge in [0.05, 0.1) is 7.11 Å². The van der Waals surface area contributed by atoms with Gasteiger partial charge in [0, 0.05) is 24.1 Å². The highest BCUT2D eigenvalue weighted by Crippen LogP contribution is 2.23. The van der Waals surface area contributed by atoms with Crippen LogP contribution >= 0.6 is 11.8 Å². The number of H-pyrrole nitrogens is 1. The zero-order valence-electron chi connectivity index (χ0n) is 12.1. The summed E-state index contributed by atoms with van der Waals surface area (Å²) < 4.78 is 5.18. The summed E-state index contributed by atoms with van der Waals surface area (Å²) in [5.41, 5.74) is 1.06. The standard InChI is InChI=1S/C15H19N3O2S/c1-3-16-13(11-4-6-12(20-2)7-5-11)10-21-15-17-9-8-14(19)18-15/h4-9,13,16H,3,10H2,1-2H3,(H,17,18,19). The maximum absolute atomic E-state index is 11.3. The number of nitrogens with zero attached hydrogens (tertiary/aromatic N) is 1. The van der Waals surface area contributed by atoms with E-state index in [1.54, 1.807) is 7.11 Å². The largest absolute Gasteiger partial charge is 0.497 e. The van der Waals surface area contributed by atoms with Gasteiger partial charge in [-0.3, -0.25) is 4.79 Å². The van der Waals surface area contributed by atoms with Gasteiger partial charge in [0.15, 0.2) is 5.16 Å². The van der Waals surface area contributed by atoms with E-state index in [-0.39, 0.29) is 11.6 Å². The van der Waals surface area contributed by atoms with Crippen molar-refractivity contribution in [2.75, 3.05) is 19.4 Å². The molecule has 0 aliphatic carbocycles. The first-order chi connectivity index (χ1) is 10.2. The molecule has 0 bridgehead atoms. The average Bonchev–Trinajstić information content (AvgIpc) is 2.52. The summed E-state index contributed by atoms with van der Waals surface area (Å²) in [4.78, 5) is 18.1. The van der Waals surface area contributed by atoms with E-state index >= 15 is 0 Å². The SMILES string of the molecule is CCNC(CSc1nccc(=O)[nH]1)c1ccc(OC)cc1. The molecule has 21 heavy (non-hydrogen) atoms. The Labute approximate surface area is 128 Å². The summed E-state index contributed by atoms with van der Waals surface area (Å²) in [7, 11) is 1.66. The number of hydrogen-bond donors (Lipinski definition) is 2. The van der Waals surface area contributed by atoms with E-state index in [2.05, 4.69) is 22.2 Å². The van der Waals surface area contributed by atoms with E-state index in [1.807, 2.05) is 24.3 Å². The fourth-order valence-electron chi connectivity index (χ4n) is 1.94. The molecule has 1 aromatic heterocycles. The molecule has 0 aliphatic rings. The predicted octanol–water partition coefficient (Wildman–Crippen LogP) is 2.22. The van der Waals surface area contributed by atoms with E-state index in [4.69, 9.17) is 4.74 Å². The molecule has 0 radical (unpaired) electrons. The maximum atomic E-state index is 11.3. The highest BCUT2D eigenvalue weighted by atomic mass is 32.2. The minimum absolute atomic E-state index is 0.128. The molecular formula is C15H19N3O2S. The summed E-state index contributed by atoms with van der Waals surface area (Å²) in [5, 5.41) is 4.08. The monoisotopic (exact) mass is 305 g/mol. The average molecular weight is 305 g/mol. The molecule has 0 saturated carbocycles.